The molecule has 4 rings (SSSR count). The molecule has 0 aliphatic carbocycles. The number of hydrazine groups is 1. The van der Waals surface area contributed by atoms with E-state index in [9.17, 15) is 10.2 Å². The number of fused-ring (bicyclic) bond motifs is 1. The standard InChI is InChI=1S/C23H30ClFN6O3/c1-6-17-20(32)30(7-8-34-17)29-22-26-11-14(24)18(28-22)13-9-15(25)19-16(10-13)31(12(2)3)21(27-19)23(4,5)33/h9-12,17,20,32-33H,6-8H2,1-5H3,(H,26,28,29)/t17-,20+/m1/s1. The fourth-order valence-electron chi connectivity index (χ4n) is 4.17. The number of rotatable bonds is 6. The minimum atomic E-state index is -1.26. The molecule has 11 heteroatoms. The zero-order chi connectivity index (χ0) is 24.8. The van der Waals surface area contributed by atoms with Crippen molar-refractivity contribution >= 4 is 28.6 Å². The summed E-state index contributed by atoms with van der Waals surface area (Å²) < 4.78 is 22.6. The molecule has 1 fully saturated rings. The van der Waals surface area contributed by atoms with Crippen LogP contribution in [-0.4, -0.2) is 60.2 Å². The monoisotopic (exact) mass is 492 g/mol. The summed E-state index contributed by atoms with van der Waals surface area (Å²) >= 11 is 6.41. The molecular formula is C23H30ClFN6O3. The van der Waals surface area contributed by atoms with E-state index in [0.717, 1.165) is 0 Å². The van der Waals surface area contributed by atoms with Crippen molar-refractivity contribution in [2.24, 2.45) is 0 Å². The van der Waals surface area contributed by atoms with Crippen LogP contribution in [0.5, 0.6) is 0 Å². The Morgan fingerprint density at radius 3 is 2.71 bits per heavy atom. The van der Waals surface area contributed by atoms with Crippen molar-refractivity contribution in [1.29, 1.82) is 0 Å². The van der Waals surface area contributed by atoms with Crippen molar-refractivity contribution < 1.29 is 19.3 Å². The zero-order valence-corrected chi connectivity index (χ0v) is 20.6. The summed E-state index contributed by atoms with van der Waals surface area (Å²) in [5.74, 6) is 0.0395. The zero-order valence-electron chi connectivity index (χ0n) is 19.9. The summed E-state index contributed by atoms with van der Waals surface area (Å²) in [5, 5.41) is 23.0. The van der Waals surface area contributed by atoms with Crippen LogP contribution in [-0.2, 0) is 10.3 Å². The molecule has 2 atom stereocenters. The van der Waals surface area contributed by atoms with Gasteiger partial charge in [-0.2, -0.15) is 5.01 Å². The maximum absolute atomic E-state index is 15.2. The minimum Gasteiger partial charge on any atom is -0.383 e. The Morgan fingerprint density at radius 1 is 1.32 bits per heavy atom. The van der Waals surface area contributed by atoms with Crippen LogP contribution in [0.1, 0.15) is 52.9 Å². The number of aliphatic hydroxyl groups excluding tert-OH is 1. The molecule has 0 radical (unpaired) electrons. The molecule has 0 bridgehead atoms. The Balaban J connectivity index is 1.76. The van der Waals surface area contributed by atoms with Gasteiger partial charge in [-0.1, -0.05) is 18.5 Å². The number of morpholine rings is 1. The van der Waals surface area contributed by atoms with Gasteiger partial charge in [-0.3, -0.25) is 5.43 Å². The largest absolute Gasteiger partial charge is 0.383 e. The lowest BCUT2D eigenvalue weighted by atomic mass is 10.1. The Hall–Kier alpha value is -2.37. The number of benzene rings is 1. The van der Waals surface area contributed by atoms with E-state index in [0.29, 0.717) is 42.2 Å². The highest BCUT2D eigenvalue weighted by atomic mass is 35.5. The van der Waals surface area contributed by atoms with E-state index in [1.165, 1.54) is 12.3 Å². The number of hydrogen-bond acceptors (Lipinski definition) is 8. The van der Waals surface area contributed by atoms with Crippen LogP contribution >= 0.6 is 11.6 Å². The van der Waals surface area contributed by atoms with Gasteiger partial charge in [-0.15, -0.1) is 0 Å². The molecule has 34 heavy (non-hydrogen) atoms. The van der Waals surface area contributed by atoms with Crippen molar-refractivity contribution in [3.63, 3.8) is 0 Å². The fourth-order valence-corrected chi connectivity index (χ4v) is 4.37. The van der Waals surface area contributed by atoms with Gasteiger partial charge in [0.05, 0.1) is 35.1 Å². The number of nitrogens with zero attached hydrogens (tertiary/aromatic N) is 5. The average molecular weight is 493 g/mol. The Labute approximate surface area is 202 Å². The number of anilines is 1. The fraction of sp³-hybridized carbons (Fsp3) is 0.522. The Bertz CT molecular complexity index is 1200. The number of hydrogen-bond donors (Lipinski definition) is 3. The van der Waals surface area contributed by atoms with Gasteiger partial charge in [-0.25, -0.2) is 19.3 Å². The first-order chi connectivity index (χ1) is 16.0. The van der Waals surface area contributed by atoms with Crippen molar-refractivity contribution in [2.75, 3.05) is 18.6 Å². The van der Waals surface area contributed by atoms with Crippen LogP contribution in [0.2, 0.25) is 5.02 Å². The maximum Gasteiger partial charge on any atom is 0.238 e. The Kier molecular flexibility index (Phi) is 6.80. The van der Waals surface area contributed by atoms with Crippen LogP contribution < -0.4 is 5.43 Å². The SMILES string of the molecule is CC[C@H]1OCCN(Nc2ncc(Cl)c(-c3cc(F)c4nc(C(C)(C)O)n(C(C)C)c4c3)n2)[C@H]1O. The summed E-state index contributed by atoms with van der Waals surface area (Å²) in [6.45, 7) is 9.95. The van der Waals surface area contributed by atoms with Crippen LogP contribution in [0.4, 0.5) is 10.3 Å². The van der Waals surface area contributed by atoms with Crippen molar-refractivity contribution in [2.45, 2.75) is 65.0 Å². The molecule has 0 unspecified atom stereocenters. The van der Waals surface area contributed by atoms with Crippen molar-refractivity contribution in [3.05, 3.63) is 35.0 Å². The number of imidazole rings is 1. The molecular weight excluding hydrogens is 463 g/mol. The summed E-state index contributed by atoms with van der Waals surface area (Å²) in [4.78, 5) is 13.1. The van der Waals surface area contributed by atoms with Gasteiger partial charge < -0.3 is 19.5 Å². The Morgan fingerprint density at radius 2 is 2.06 bits per heavy atom. The minimum absolute atomic E-state index is 0.0755. The molecule has 3 aromatic rings. The molecule has 9 nitrogen and oxygen atoms in total. The smallest absolute Gasteiger partial charge is 0.238 e. The first-order valence-electron chi connectivity index (χ1n) is 11.3. The van der Waals surface area contributed by atoms with Crippen molar-refractivity contribution in [3.8, 4) is 11.3 Å². The third-order valence-corrected chi connectivity index (χ3v) is 6.07. The molecule has 1 saturated heterocycles. The van der Waals surface area contributed by atoms with Gasteiger partial charge in [0.25, 0.3) is 0 Å². The molecule has 1 aliphatic heterocycles. The van der Waals surface area contributed by atoms with E-state index in [-0.39, 0.29) is 28.6 Å². The van der Waals surface area contributed by atoms with E-state index in [1.54, 1.807) is 24.9 Å². The molecule has 0 saturated carbocycles. The van der Waals surface area contributed by atoms with Crippen LogP contribution in [0, 0.1) is 5.82 Å². The molecule has 0 amide bonds. The molecule has 3 heterocycles. The number of aliphatic hydroxyl groups is 2. The average Bonchev–Trinajstić information content (AvgIpc) is 3.17. The van der Waals surface area contributed by atoms with Gasteiger partial charge in [0.2, 0.25) is 5.95 Å². The van der Waals surface area contributed by atoms with Gasteiger partial charge in [0, 0.05) is 18.2 Å². The van der Waals surface area contributed by atoms with Crippen LogP contribution in [0.3, 0.4) is 0 Å². The van der Waals surface area contributed by atoms with E-state index in [2.05, 4.69) is 20.4 Å². The van der Waals surface area contributed by atoms with Crippen LogP contribution in [0.25, 0.3) is 22.3 Å². The summed E-state index contributed by atoms with van der Waals surface area (Å²) in [7, 11) is 0. The predicted octanol–water partition coefficient (Wildman–Crippen LogP) is 3.85. The first-order valence-corrected chi connectivity index (χ1v) is 11.7. The molecule has 1 aromatic carbocycles. The second-order valence-corrected chi connectivity index (χ2v) is 9.62. The molecule has 0 spiro atoms. The number of nitrogens with one attached hydrogen (secondary N) is 1. The third-order valence-electron chi connectivity index (χ3n) is 5.79. The van der Waals surface area contributed by atoms with Gasteiger partial charge >= 0.3 is 0 Å². The highest BCUT2D eigenvalue weighted by molar-refractivity contribution is 6.33. The lowest BCUT2D eigenvalue weighted by molar-refractivity contribution is -0.148. The topological polar surface area (TPSA) is 109 Å². The van der Waals surface area contributed by atoms with Gasteiger partial charge in [0.1, 0.15) is 23.2 Å². The maximum atomic E-state index is 15.2. The first kappa shape index (κ1) is 24.7. The van der Waals surface area contributed by atoms with Gasteiger partial charge in [0.15, 0.2) is 5.82 Å². The number of halogens is 2. The van der Waals surface area contributed by atoms with E-state index in [4.69, 9.17) is 16.3 Å². The lowest BCUT2D eigenvalue weighted by Crippen LogP contribution is -2.53. The molecule has 1 aliphatic rings. The molecule has 184 valence electrons. The van der Waals surface area contributed by atoms with E-state index in [1.807, 2.05) is 25.3 Å². The second-order valence-electron chi connectivity index (χ2n) is 9.21. The van der Waals surface area contributed by atoms with E-state index >= 15 is 4.39 Å². The summed E-state index contributed by atoms with van der Waals surface area (Å²) in [5.41, 5.74) is 3.23. The summed E-state index contributed by atoms with van der Waals surface area (Å²) in [6.07, 6.45) is 0.892. The highest BCUT2D eigenvalue weighted by Gasteiger charge is 2.31. The van der Waals surface area contributed by atoms with Crippen molar-refractivity contribution in [1.82, 2.24) is 24.5 Å². The molecule has 3 N–H and O–H groups in total. The number of ether oxygens (including phenoxy) is 1. The quantitative estimate of drug-likeness (QED) is 0.476. The lowest BCUT2D eigenvalue weighted by Gasteiger charge is -2.37. The molecule has 2 aromatic heterocycles. The normalized spacial score (nSPS) is 19.8. The van der Waals surface area contributed by atoms with Crippen LogP contribution in [0.15, 0.2) is 18.3 Å². The highest BCUT2D eigenvalue weighted by Crippen LogP contribution is 2.34. The summed E-state index contributed by atoms with van der Waals surface area (Å²) in [6, 6.07) is 3.01. The third kappa shape index (κ3) is 4.60. The van der Waals surface area contributed by atoms with Gasteiger partial charge in [-0.05, 0) is 46.2 Å². The van der Waals surface area contributed by atoms with E-state index < -0.39 is 17.6 Å². The second kappa shape index (κ2) is 9.35. The number of aromatic nitrogens is 4. The predicted molar refractivity (Wildman–Crippen MR) is 128 cm³/mol.